The summed E-state index contributed by atoms with van der Waals surface area (Å²) in [7, 11) is 0. The molecule has 0 saturated carbocycles. The summed E-state index contributed by atoms with van der Waals surface area (Å²) < 4.78 is 0. The van der Waals surface area contributed by atoms with Crippen LogP contribution in [0.15, 0.2) is 0 Å². The molecule has 3 radical (unpaired) electrons. The molecule has 0 aromatic carbocycles. The first-order chi connectivity index (χ1) is 0. The summed E-state index contributed by atoms with van der Waals surface area (Å²) in [6.45, 7) is 0. The van der Waals surface area contributed by atoms with Gasteiger partial charge in [-0.15, -0.1) is 0 Å². The molecule has 0 amide bonds. The van der Waals surface area contributed by atoms with E-state index in [9.17, 15) is 0 Å². The largest absolute Gasteiger partial charge is 0 e. The van der Waals surface area contributed by atoms with E-state index in [1.54, 1.807) is 0 Å². The smallest absolute Gasteiger partial charge is 0 e. The van der Waals surface area contributed by atoms with Crippen molar-refractivity contribution in [3.8, 4) is 0 Å². The average Bonchev–Trinajstić information content (AvgIpc) is 0. The molecule has 0 atom stereocenters. The Morgan fingerprint density at radius 1 is 1.00 bits per heavy atom. The maximum Gasteiger partial charge on any atom is 0 e. The van der Waals surface area contributed by atoms with Gasteiger partial charge in [-0.1, -0.05) is 0 Å². The van der Waals surface area contributed by atoms with Crippen molar-refractivity contribution in [2.24, 2.45) is 0 Å². The normalized spacial score (nSPS) is 0. The zero-order valence-electron chi connectivity index (χ0n) is 1.42. The third-order valence-corrected chi connectivity index (χ3v) is 0. The summed E-state index contributed by atoms with van der Waals surface area (Å²) in [4.78, 5) is 0. The molecule has 0 saturated heterocycles. The fourth-order valence-electron chi connectivity index (χ4n) is 0. The molecule has 0 bridgehead atoms. The van der Waals surface area contributed by atoms with Gasteiger partial charge in [0.25, 0.3) is 0 Å². The topological polar surface area (TPSA) is 0 Å². The fourth-order valence-corrected chi connectivity index (χ4v) is 0. The van der Waals surface area contributed by atoms with E-state index in [2.05, 4.69) is 0 Å². The first kappa shape index (κ1) is 28.6. The van der Waals surface area contributed by atoms with Crippen molar-refractivity contribution in [2.75, 3.05) is 0 Å². The molecule has 0 N–H and O–H groups in total. The van der Waals surface area contributed by atoms with Crippen molar-refractivity contribution in [3.63, 3.8) is 0 Å². The molecule has 0 aliphatic carbocycles. The first-order valence-electron chi connectivity index (χ1n) is 0. The van der Waals surface area contributed by atoms with Gasteiger partial charge in [-0.25, -0.2) is 0 Å². The van der Waals surface area contributed by atoms with Crippen LogP contribution in [0.2, 0.25) is 0 Å². The Labute approximate surface area is 86.5 Å². The van der Waals surface area contributed by atoms with Gasteiger partial charge >= 0.3 is 42.0 Å². The molecule has 0 nitrogen and oxygen atoms in total. The van der Waals surface area contributed by atoms with Crippen LogP contribution < -0.4 is 0 Å². The van der Waals surface area contributed by atoms with E-state index in [0.29, 0.717) is 0 Å². The molecule has 4 heavy (non-hydrogen) atoms. The van der Waals surface area contributed by atoms with Gasteiger partial charge in [-0.3, -0.25) is 0 Å². The van der Waals surface area contributed by atoms with E-state index in [-0.39, 0.29) is 88.1 Å². The Balaban J connectivity index is 0. The summed E-state index contributed by atoms with van der Waals surface area (Å²) in [6, 6.07) is 0. The molecule has 0 aliphatic heterocycles. The maximum absolute atomic E-state index is 0. The van der Waals surface area contributed by atoms with Gasteiger partial charge < -0.3 is 0 Å². The second-order valence-corrected chi connectivity index (χ2v) is 0. The molecule has 0 heterocycles. The zero-order valence-corrected chi connectivity index (χ0v) is 9.27. The predicted molar refractivity (Wildman–Crippen MR) is 27.0 cm³/mol. The summed E-state index contributed by atoms with van der Waals surface area (Å²) in [6.07, 6.45) is 0. The summed E-state index contributed by atoms with van der Waals surface area (Å²) >= 11 is 0. The quantitative estimate of drug-likeness (QED) is 0.355. The van der Waals surface area contributed by atoms with Crippen LogP contribution in [-0.2, 0) is 22.4 Å². The van der Waals surface area contributed by atoms with Crippen LogP contribution >= 0.6 is 0 Å². The van der Waals surface area contributed by atoms with E-state index in [1.165, 1.54) is 0 Å². The van der Waals surface area contributed by atoms with Crippen molar-refractivity contribution in [2.45, 2.75) is 0 Å². The first-order valence-corrected chi connectivity index (χ1v) is 0. The Morgan fingerprint density at radius 2 is 1.00 bits per heavy atom. The Kier molecular flexibility index (Phi) is 121. The van der Waals surface area contributed by atoms with Crippen LogP contribution in [0.4, 0.5) is 0 Å². The number of rotatable bonds is 0. The van der Waals surface area contributed by atoms with Crippen molar-refractivity contribution < 1.29 is 22.4 Å². The monoisotopic (exact) mass is 439 g/mol. The van der Waals surface area contributed by atoms with Crippen LogP contribution in [0, 0.1) is 0 Å². The molecule has 0 aromatic rings. The van der Waals surface area contributed by atoms with Crippen LogP contribution in [-0.4, -0.2) is 65.7 Å². The minimum absolute atomic E-state index is 0. The average molecular weight is 437 g/mol. The zero-order chi connectivity index (χ0) is 0. The van der Waals surface area contributed by atoms with Gasteiger partial charge in [-0.2, -0.15) is 0 Å². The Hall–Kier alpha value is 2.89. The summed E-state index contributed by atoms with van der Waals surface area (Å²) in [5.41, 5.74) is 0. The van der Waals surface area contributed by atoms with Gasteiger partial charge in [0.15, 0.2) is 0 Å². The van der Waals surface area contributed by atoms with Crippen molar-refractivity contribution in [1.82, 2.24) is 0 Å². The van der Waals surface area contributed by atoms with Crippen LogP contribution in [0.3, 0.4) is 0 Å². The molecular formula is H7AgGeSbTe. The Morgan fingerprint density at radius 3 is 1.00 bits per heavy atom. The summed E-state index contributed by atoms with van der Waals surface area (Å²) in [5, 5.41) is 0. The predicted octanol–water partition coefficient (Wildman–Crippen LogP) is -3.02. The Bertz CT molecular complexity index is 8.00. The van der Waals surface area contributed by atoms with E-state index < -0.39 is 0 Å². The van der Waals surface area contributed by atoms with E-state index in [0.717, 1.165) is 0 Å². The molecule has 33 valence electrons. The second-order valence-electron chi connectivity index (χ2n) is 0. The SMILES string of the molecule is [Ag].[GeH4].[SbH3].[Te]. The molecular weight excluding hydrogens is 430 g/mol. The molecule has 0 aliphatic rings. The van der Waals surface area contributed by atoms with Crippen molar-refractivity contribution in [3.05, 3.63) is 0 Å². The van der Waals surface area contributed by atoms with Gasteiger partial charge in [0, 0.05) is 46.0 Å². The second kappa shape index (κ2) is 16.9. The number of hydrogen-bond donors (Lipinski definition) is 0. The minimum Gasteiger partial charge on any atom is 0 e. The molecule has 0 aromatic heterocycles. The van der Waals surface area contributed by atoms with Crippen molar-refractivity contribution >= 4 is 65.7 Å². The maximum atomic E-state index is 0. The van der Waals surface area contributed by atoms with E-state index in [1.807, 2.05) is 0 Å². The molecule has 0 fully saturated rings. The summed E-state index contributed by atoms with van der Waals surface area (Å²) in [5.74, 6) is 0. The van der Waals surface area contributed by atoms with Gasteiger partial charge in [0.05, 0.1) is 0 Å². The third kappa shape index (κ3) is 8.86. The van der Waals surface area contributed by atoms with Gasteiger partial charge in [0.1, 0.15) is 0 Å². The van der Waals surface area contributed by atoms with E-state index >= 15 is 0 Å². The van der Waals surface area contributed by atoms with Gasteiger partial charge in [0.2, 0.25) is 0 Å². The standard InChI is InChI=1S/Ag.GeH4.Sb.Te.3H/h;1H4;;;;;. The van der Waals surface area contributed by atoms with E-state index in [4.69, 9.17) is 0 Å². The van der Waals surface area contributed by atoms with Crippen molar-refractivity contribution in [1.29, 1.82) is 0 Å². The van der Waals surface area contributed by atoms with Crippen LogP contribution in [0.25, 0.3) is 0 Å². The minimum atomic E-state index is 0. The molecule has 0 rings (SSSR count). The van der Waals surface area contributed by atoms with Crippen LogP contribution in [0.5, 0.6) is 0 Å². The number of hydrogen-bond acceptors (Lipinski definition) is 0. The molecule has 0 unspecified atom stereocenters. The fraction of sp³-hybridized carbons (Fsp3) is 0. The molecule has 0 spiro atoms. The van der Waals surface area contributed by atoms with Crippen LogP contribution in [0.1, 0.15) is 0 Å². The molecule has 4 heteroatoms. The van der Waals surface area contributed by atoms with Gasteiger partial charge in [-0.05, 0) is 0 Å². The third-order valence-electron chi connectivity index (χ3n) is 0.